The Labute approximate surface area is 94.2 Å². The first-order chi connectivity index (χ1) is 6.57. The molecule has 1 N–H and O–H groups in total. The molecule has 0 atom stereocenters. The number of aromatic amines is 1. The molecule has 0 fully saturated rings. The highest BCUT2D eigenvalue weighted by molar-refractivity contribution is 14.1. The molecule has 1 rings (SSSR count). The van der Waals surface area contributed by atoms with Crippen LogP contribution in [-0.4, -0.2) is 16.2 Å². The molecule has 1 heterocycles. The van der Waals surface area contributed by atoms with E-state index in [9.17, 15) is 9.59 Å². The summed E-state index contributed by atoms with van der Waals surface area (Å²) in [6.07, 6.45) is 0. The van der Waals surface area contributed by atoms with Crippen molar-refractivity contribution in [3.63, 3.8) is 0 Å². The van der Waals surface area contributed by atoms with Crippen LogP contribution in [0.25, 0.3) is 0 Å². The number of rotatable bonds is 3. The summed E-state index contributed by atoms with van der Waals surface area (Å²) >= 11 is 1.90. The van der Waals surface area contributed by atoms with E-state index in [0.29, 0.717) is 15.9 Å². The maximum atomic E-state index is 11.3. The van der Waals surface area contributed by atoms with E-state index in [0.717, 1.165) is 0 Å². The molecule has 0 aliphatic carbocycles. The van der Waals surface area contributed by atoms with Gasteiger partial charge in [-0.15, -0.1) is 0 Å². The number of ether oxygens (including phenoxy) is 1. The molecule has 0 radical (unpaired) electrons. The van der Waals surface area contributed by atoms with Crippen molar-refractivity contribution in [1.82, 2.24) is 9.55 Å². The lowest BCUT2D eigenvalue weighted by atomic mass is 10.4. The highest BCUT2D eigenvalue weighted by Crippen LogP contribution is 2.02. The summed E-state index contributed by atoms with van der Waals surface area (Å²) in [6, 6.07) is 0. The third-order valence-electron chi connectivity index (χ3n) is 1.81. The van der Waals surface area contributed by atoms with Crippen LogP contribution >= 0.6 is 22.6 Å². The molecule has 0 amide bonds. The van der Waals surface area contributed by atoms with Gasteiger partial charge in [0.25, 0.3) is 5.56 Å². The zero-order valence-electron chi connectivity index (χ0n) is 7.96. The fourth-order valence-electron chi connectivity index (χ4n) is 0.993. The normalized spacial score (nSPS) is 10.5. The number of H-pyrrole nitrogens is 1. The number of halogens is 1. The van der Waals surface area contributed by atoms with Crippen LogP contribution in [0, 0.1) is 10.5 Å². The molecule has 0 saturated carbocycles. The number of hydrogen-bond acceptors (Lipinski definition) is 3. The van der Waals surface area contributed by atoms with Crippen LogP contribution in [0.4, 0.5) is 0 Å². The average molecular weight is 310 g/mol. The van der Waals surface area contributed by atoms with E-state index >= 15 is 0 Å². The van der Waals surface area contributed by atoms with Crippen LogP contribution in [0.15, 0.2) is 9.59 Å². The Balaban J connectivity index is 3.23. The third-order valence-corrected chi connectivity index (χ3v) is 3.08. The van der Waals surface area contributed by atoms with Crippen molar-refractivity contribution in [3.8, 4) is 0 Å². The Morgan fingerprint density at radius 3 is 2.71 bits per heavy atom. The number of aromatic nitrogens is 2. The van der Waals surface area contributed by atoms with Crippen molar-refractivity contribution in [1.29, 1.82) is 0 Å². The van der Waals surface area contributed by atoms with E-state index in [2.05, 4.69) is 4.98 Å². The predicted octanol–water partition coefficient (Wildman–Crippen LogP) is 0.444. The highest BCUT2D eigenvalue weighted by atomic mass is 127. The summed E-state index contributed by atoms with van der Waals surface area (Å²) in [6.45, 7) is 4.27. The van der Waals surface area contributed by atoms with E-state index in [4.69, 9.17) is 4.74 Å². The molecule has 0 unspecified atom stereocenters. The van der Waals surface area contributed by atoms with Crippen LogP contribution < -0.4 is 11.2 Å². The van der Waals surface area contributed by atoms with Gasteiger partial charge in [0, 0.05) is 12.3 Å². The predicted molar refractivity (Wildman–Crippen MR) is 60.4 cm³/mol. The van der Waals surface area contributed by atoms with Gasteiger partial charge in [-0.1, -0.05) is 0 Å². The smallest absolute Gasteiger partial charge is 0.330 e. The van der Waals surface area contributed by atoms with Crippen molar-refractivity contribution < 1.29 is 4.74 Å². The van der Waals surface area contributed by atoms with Crippen LogP contribution in [-0.2, 0) is 11.5 Å². The van der Waals surface area contributed by atoms with Crippen molar-refractivity contribution >= 4 is 22.6 Å². The van der Waals surface area contributed by atoms with Gasteiger partial charge in [0.15, 0.2) is 0 Å². The molecule has 1 aromatic heterocycles. The summed E-state index contributed by atoms with van der Waals surface area (Å²) in [5.41, 5.74) is -0.144. The first-order valence-electron chi connectivity index (χ1n) is 4.15. The largest absolute Gasteiger partial charge is 0.361 e. The van der Waals surface area contributed by atoms with Gasteiger partial charge in [0.05, 0.1) is 3.57 Å². The fourth-order valence-corrected chi connectivity index (χ4v) is 1.42. The molecule has 14 heavy (non-hydrogen) atoms. The minimum Gasteiger partial charge on any atom is -0.361 e. The summed E-state index contributed by atoms with van der Waals surface area (Å²) in [7, 11) is 0. The third kappa shape index (κ3) is 2.24. The first kappa shape index (κ1) is 11.4. The number of nitrogens with one attached hydrogen (secondary N) is 1. The van der Waals surface area contributed by atoms with Gasteiger partial charge in [-0.2, -0.15) is 0 Å². The number of nitrogens with zero attached hydrogens (tertiary/aromatic N) is 1. The molecule has 78 valence electrons. The Bertz CT molecular complexity index is 435. The maximum absolute atomic E-state index is 11.3. The highest BCUT2D eigenvalue weighted by Gasteiger charge is 2.07. The summed E-state index contributed by atoms with van der Waals surface area (Å²) in [4.78, 5) is 24.7. The standard InChI is InChI=1S/C8H11IN2O3/c1-3-14-4-11-5(2)6(9)7(12)10-8(11)13/h3-4H2,1-2H3,(H,10,12,13). The minimum absolute atomic E-state index is 0.175. The molecule has 0 saturated heterocycles. The van der Waals surface area contributed by atoms with Crippen molar-refractivity contribution in [3.05, 3.63) is 30.1 Å². The second-order valence-corrected chi connectivity index (χ2v) is 3.79. The van der Waals surface area contributed by atoms with E-state index < -0.39 is 5.69 Å². The molecule has 0 bridgehead atoms. The summed E-state index contributed by atoms with van der Waals surface area (Å²) < 4.78 is 7.02. The molecular formula is C8H11IN2O3. The Hall–Kier alpha value is -0.630. The molecule has 5 nitrogen and oxygen atoms in total. The zero-order valence-corrected chi connectivity index (χ0v) is 10.1. The lowest BCUT2D eigenvalue weighted by Gasteiger charge is -2.09. The monoisotopic (exact) mass is 310 g/mol. The molecule has 0 aliphatic heterocycles. The zero-order chi connectivity index (χ0) is 10.7. The lowest BCUT2D eigenvalue weighted by Crippen LogP contribution is -2.34. The molecule has 1 aromatic rings. The van der Waals surface area contributed by atoms with E-state index in [1.165, 1.54) is 4.57 Å². The van der Waals surface area contributed by atoms with E-state index in [-0.39, 0.29) is 12.3 Å². The Morgan fingerprint density at radius 1 is 1.50 bits per heavy atom. The van der Waals surface area contributed by atoms with Crippen molar-refractivity contribution in [2.75, 3.05) is 6.61 Å². The van der Waals surface area contributed by atoms with E-state index in [1.807, 2.05) is 29.5 Å². The second-order valence-electron chi connectivity index (χ2n) is 2.71. The van der Waals surface area contributed by atoms with Gasteiger partial charge in [0.2, 0.25) is 0 Å². The number of hydrogen-bond donors (Lipinski definition) is 1. The maximum Gasteiger partial charge on any atom is 0.330 e. The van der Waals surface area contributed by atoms with Crippen LogP contribution in [0.2, 0.25) is 0 Å². The topological polar surface area (TPSA) is 64.1 Å². The van der Waals surface area contributed by atoms with Crippen molar-refractivity contribution in [2.45, 2.75) is 20.6 Å². The van der Waals surface area contributed by atoms with Crippen LogP contribution in [0.1, 0.15) is 12.6 Å². The van der Waals surface area contributed by atoms with Gasteiger partial charge < -0.3 is 4.74 Å². The first-order valence-corrected chi connectivity index (χ1v) is 5.22. The van der Waals surface area contributed by atoms with Crippen LogP contribution in [0.3, 0.4) is 0 Å². The Morgan fingerprint density at radius 2 is 2.14 bits per heavy atom. The minimum atomic E-state index is -0.429. The SMILES string of the molecule is CCOCn1c(C)c(I)c(=O)[nH]c1=O. The van der Waals surface area contributed by atoms with Gasteiger partial charge in [0.1, 0.15) is 6.73 Å². The summed E-state index contributed by atoms with van der Waals surface area (Å²) in [5, 5.41) is 0. The molecule has 0 aromatic carbocycles. The fraction of sp³-hybridized carbons (Fsp3) is 0.500. The molecule has 0 spiro atoms. The molecule has 6 heteroatoms. The summed E-state index contributed by atoms with van der Waals surface area (Å²) in [5.74, 6) is 0. The quantitative estimate of drug-likeness (QED) is 0.824. The van der Waals surface area contributed by atoms with E-state index in [1.54, 1.807) is 6.92 Å². The van der Waals surface area contributed by atoms with Gasteiger partial charge >= 0.3 is 5.69 Å². The van der Waals surface area contributed by atoms with Gasteiger partial charge in [-0.3, -0.25) is 14.3 Å². The lowest BCUT2D eigenvalue weighted by molar-refractivity contribution is 0.0826. The van der Waals surface area contributed by atoms with Gasteiger partial charge in [-0.25, -0.2) is 4.79 Å². The Kier molecular flexibility index (Phi) is 3.87. The van der Waals surface area contributed by atoms with Gasteiger partial charge in [-0.05, 0) is 36.4 Å². The molecule has 0 aliphatic rings. The second kappa shape index (κ2) is 4.74. The molecular weight excluding hydrogens is 299 g/mol. The van der Waals surface area contributed by atoms with Crippen LogP contribution in [0.5, 0.6) is 0 Å². The van der Waals surface area contributed by atoms with Crippen molar-refractivity contribution in [2.24, 2.45) is 0 Å². The average Bonchev–Trinajstić information content (AvgIpc) is 2.14.